The second-order valence-corrected chi connectivity index (χ2v) is 9.90. The number of nitrogens with zero attached hydrogens (tertiary/aromatic N) is 3. The normalized spacial score (nSPS) is 17.8. The molecular formula is C23H27N3S2. The largest absolute Gasteiger partial charge is 0.356 e. The van der Waals surface area contributed by atoms with Crippen molar-refractivity contribution in [1.82, 2.24) is 9.97 Å². The van der Waals surface area contributed by atoms with Crippen LogP contribution in [-0.2, 0) is 19.3 Å². The van der Waals surface area contributed by atoms with Crippen LogP contribution in [0.3, 0.4) is 0 Å². The molecule has 5 heteroatoms. The van der Waals surface area contributed by atoms with Gasteiger partial charge in [-0.15, -0.1) is 11.3 Å². The summed E-state index contributed by atoms with van der Waals surface area (Å²) < 4.78 is 0. The number of aryl methyl sites for hydroxylation is 2. The van der Waals surface area contributed by atoms with E-state index in [0.29, 0.717) is 0 Å². The third-order valence-electron chi connectivity index (χ3n) is 6.24. The van der Waals surface area contributed by atoms with Crippen LogP contribution in [0.2, 0.25) is 0 Å². The van der Waals surface area contributed by atoms with Crippen molar-refractivity contribution in [3.63, 3.8) is 0 Å². The van der Waals surface area contributed by atoms with Gasteiger partial charge < -0.3 is 4.90 Å². The van der Waals surface area contributed by atoms with E-state index in [9.17, 15) is 0 Å². The highest BCUT2D eigenvalue weighted by Gasteiger charge is 2.26. The number of aromatic nitrogens is 2. The van der Waals surface area contributed by atoms with Gasteiger partial charge in [-0.25, -0.2) is 9.97 Å². The van der Waals surface area contributed by atoms with Crippen molar-refractivity contribution in [3.05, 3.63) is 46.3 Å². The van der Waals surface area contributed by atoms with Gasteiger partial charge in [0.05, 0.1) is 5.39 Å². The van der Waals surface area contributed by atoms with Crippen molar-refractivity contribution in [2.45, 2.75) is 50.1 Å². The lowest BCUT2D eigenvalue weighted by molar-refractivity contribution is 0.402. The summed E-state index contributed by atoms with van der Waals surface area (Å²) in [6.07, 6.45) is 10.9. The lowest BCUT2D eigenvalue weighted by Crippen LogP contribution is -2.35. The maximum atomic E-state index is 5.02. The van der Waals surface area contributed by atoms with Gasteiger partial charge in [0.25, 0.3) is 0 Å². The Bertz CT molecular complexity index is 959. The smallest absolute Gasteiger partial charge is 0.190 e. The minimum absolute atomic E-state index is 0.785. The first-order chi connectivity index (χ1) is 13.8. The molecule has 0 saturated carbocycles. The summed E-state index contributed by atoms with van der Waals surface area (Å²) in [5.41, 5.74) is 3.03. The Kier molecular flexibility index (Phi) is 5.29. The van der Waals surface area contributed by atoms with Crippen LogP contribution in [0.15, 0.2) is 35.5 Å². The zero-order chi connectivity index (χ0) is 18.9. The van der Waals surface area contributed by atoms with Crippen molar-refractivity contribution >= 4 is 39.1 Å². The average molecular weight is 410 g/mol. The summed E-state index contributed by atoms with van der Waals surface area (Å²) in [5.74, 6) is 2.00. The fourth-order valence-electron chi connectivity index (χ4n) is 4.74. The van der Waals surface area contributed by atoms with Crippen molar-refractivity contribution in [2.75, 3.05) is 24.2 Å². The predicted octanol–water partition coefficient (Wildman–Crippen LogP) is 5.75. The molecular weight excluding hydrogens is 382 g/mol. The van der Waals surface area contributed by atoms with Crippen LogP contribution in [0.4, 0.5) is 5.82 Å². The van der Waals surface area contributed by atoms with Gasteiger partial charge in [-0.3, -0.25) is 0 Å². The first-order valence-corrected chi connectivity index (χ1v) is 12.5. The molecule has 0 unspecified atom stereocenters. The van der Waals surface area contributed by atoms with Gasteiger partial charge in [0.1, 0.15) is 10.6 Å². The van der Waals surface area contributed by atoms with E-state index in [1.54, 1.807) is 22.2 Å². The van der Waals surface area contributed by atoms with E-state index < -0.39 is 0 Å². The molecule has 1 fully saturated rings. The van der Waals surface area contributed by atoms with Gasteiger partial charge in [-0.2, -0.15) is 0 Å². The molecule has 2 aliphatic rings. The highest BCUT2D eigenvalue weighted by atomic mass is 32.2. The Hall–Kier alpha value is -1.59. The van der Waals surface area contributed by atoms with E-state index in [1.165, 1.54) is 66.5 Å². The molecule has 1 aromatic carbocycles. The summed E-state index contributed by atoms with van der Waals surface area (Å²) in [6.45, 7) is 2.23. The number of thiophene rings is 1. The second-order valence-electron chi connectivity index (χ2n) is 8.05. The molecule has 0 radical (unpaired) electrons. The Morgan fingerprint density at radius 2 is 1.86 bits per heavy atom. The van der Waals surface area contributed by atoms with Crippen molar-refractivity contribution in [3.8, 4) is 0 Å². The molecule has 3 aromatic rings. The van der Waals surface area contributed by atoms with Crippen LogP contribution >= 0.6 is 23.1 Å². The predicted molar refractivity (Wildman–Crippen MR) is 121 cm³/mol. The zero-order valence-electron chi connectivity index (χ0n) is 16.5. The summed E-state index contributed by atoms with van der Waals surface area (Å²) in [6, 6.07) is 11.0. The molecule has 3 heterocycles. The quantitative estimate of drug-likeness (QED) is 0.405. The second kappa shape index (κ2) is 8.03. The molecule has 0 amide bonds. The number of thioether (sulfide) groups is 1. The number of anilines is 1. The van der Waals surface area contributed by atoms with Gasteiger partial charge in [0.2, 0.25) is 0 Å². The van der Waals surface area contributed by atoms with Gasteiger partial charge in [-0.05, 0) is 68.2 Å². The molecule has 0 N–H and O–H groups in total. The minimum atomic E-state index is 0.785. The summed E-state index contributed by atoms with van der Waals surface area (Å²) in [4.78, 5) is 15.2. The number of fused-ring (bicyclic) bond motifs is 3. The van der Waals surface area contributed by atoms with Crippen molar-refractivity contribution in [1.29, 1.82) is 0 Å². The average Bonchev–Trinajstić information content (AvgIpc) is 3.13. The van der Waals surface area contributed by atoms with Gasteiger partial charge in [0, 0.05) is 18.0 Å². The molecule has 3 nitrogen and oxygen atoms in total. The highest BCUT2D eigenvalue weighted by Crippen LogP contribution is 2.41. The molecule has 5 rings (SSSR count). The Morgan fingerprint density at radius 3 is 2.64 bits per heavy atom. The fourth-order valence-corrected chi connectivity index (χ4v) is 6.41. The third-order valence-corrected chi connectivity index (χ3v) is 7.97. The third kappa shape index (κ3) is 3.55. The number of benzene rings is 1. The molecule has 0 atom stereocenters. The van der Waals surface area contributed by atoms with E-state index in [1.807, 2.05) is 11.3 Å². The lowest BCUT2D eigenvalue weighted by Gasteiger charge is -2.33. The van der Waals surface area contributed by atoms with Crippen LogP contribution in [-0.4, -0.2) is 29.3 Å². The maximum absolute atomic E-state index is 5.02. The molecule has 2 aromatic heterocycles. The van der Waals surface area contributed by atoms with Gasteiger partial charge >= 0.3 is 0 Å². The minimum Gasteiger partial charge on any atom is -0.356 e. The van der Waals surface area contributed by atoms with Crippen LogP contribution in [0.5, 0.6) is 0 Å². The Labute approximate surface area is 175 Å². The van der Waals surface area contributed by atoms with Crippen LogP contribution < -0.4 is 4.90 Å². The van der Waals surface area contributed by atoms with E-state index >= 15 is 0 Å². The SMILES string of the molecule is CSc1nc(N2CCC(Cc3ccccc3)CC2)c2c3c(sc2n1)CCCC3. The standard InChI is InChI=1S/C23H27N3S2/c1-27-23-24-21(20-18-9-5-6-10-19(18)28-22(20)25-23)26-13-11-17(12-14-26)15-16-7-3-2-4-8-16/h2-4,7-8,17H,5-6,9-15H2,1H3. The van der Waals surface area contributed by atoms with Crippen LogP contribution in [0.1, 0.15) is 41.7 Å². The highest BCUT2D eigenvalue weighted by molar-refractivity contribution is 7.98. The topological polar surface area (TPSA) is 29.0 Å². The zero-order valence-corrected chi connectivity index (χ0v) is 18.1. The van der Waals surface area contributed by atoms with E-state index in [2.05, 4.69) is 41.5 Å². The fraction of sp³-hybridized carbons (Fsp3) is 0.478. The van der Waals surface area contributed by atoms with E-state index in [-0.39, 0.29) is 0 Å². The first kappa shape index (κ1) is 18.4. The number of hydrogen-bond acceptors (Lipinski definition) is 5. The summed E-state index contributed by atoms with van der Waals surface area (Å²) in [5, 5.41) is 2.30. The number of rotatable bonds is 4. The molecule has 1 saturated heterocycles. The van der Waals surface area contributed by atoms with E-state index in [0.717, 1.165) is 24.2 Å². The maximum Gasteiger partial charge on any atom is 0.190 e. The Balaban J connectivity index is 1.41. The van der Waals surface area contributed by atoms with Gasteiger partial charge in [0.15, 0.2) is 5.16 Å². The van der Waals surface area contributed by atoms with Gasteiger partial charge in [-0.1, -0.05) is 42.1 Å². The first-order valence-electron chi connectivity index (χ1n) is 10.5. The number of piperidine rings is 1. The van der Waals surface area contributed by atoms with Crippen LogP contribution in [0, 0.1) is 5.92 Å². The van der Waals surface area contributed by atoms with Crippen LogP contribution in [0.25, 0.3) is 10.2 Å². The molecule has 1 aliphatic heterocycles. The summed E-state index contributed by atoms with van der Waals surface area (Å²) >= 11 is 3.59. The molecule has 1 aliphatic carbocycles. The molecule has 0 spiro atoms. The number of hydrogen-bond donors (Lipinski definition) is 0. The Morgan fingerprint density at radius 1 is 1.07 bits per heavy atom. The van der Waals surface area contributed by atoms with E-state index in [4.69, 9.17) is 9.97 Å². The molecule has 0 bridgehead atoms. The van der Waals surface area contributed by atoms with Crippen molar-refractivity contribution in [2.24, 2.45) is 5.92 Å². The molecule has 146 valence electrons. The van der Waals surface area contributed by atoms with Crippen molar-refractivity contribution < 1.29 is 0 Å². The lowest BCUT2D eigenvalue weighted by atomic mass is 9.90. The summed E-state index contributed by atoms with van der Waals surface area (Å²) in [7, 11) is 0. The monoisotopic (exact) mass is 409 g/mol. The molecule has 28 heavy (non-hydrogen) atoms.